The lowest BCUT2D eigenvalue weighted by Crippen LogP contribution is -2.19. The Balaban J connectivity index is 1.05. The first kappa shape index (κ1) is 29.5. The van der Waals surface area contributed by atoms with Crippen LogP contribution in [0.25, 0.3) is 55.3 Å². The van der Waals surface area contributed by atoms with Crippen LogP contribution in [0.15, 0.2) is 179 Å². The molecule has 2 unspecified atom stereocenters. The maximum atomic E-state index is 6.27. The van der Waals surface area contributed by atoms with E-state index in [4.69, 9.17) is 4.42 Å². The molecule has 0 saturated heterocycles. The van der Waals surface area contributed by atoms with Crippen LogP contribution in [0.3, 0.4) is 0 Å². The summed E-state index contributed by atoms with van der Waals surface area (Å²) in [7, 11) is 0. The number of furan rings is 1. The molecule has 3 aliphatic carbocycles. The fraction of sp³-hybridized carbons (Fsp3) is 0.0800. The van der Waals surface area contributed by atoms with Gasteiger partial charge in [0.15, 0.2) is 0 Å². The van der Waals surface area contributed by atoms with E-state index < -0.39 is 0 Å². The predicted octanol–water partition coefficient (Wildman–Crippen LogP) is 13.7. The molecule has 3 heteroatoms. The summed E-state index contributed by atoms with van der Waals surface area (Å²) in [5.74, 6) is 0.381. The van der Waals surface area contributed by atoms with E-state index in [2.05, 4.69) is 170 Å². The van der Waals surface area contributed by atoms with Crippen LogP contribution in [0, 0.1) is 0 Å². The average Bonchev–Trinajstić information content (AvgIpc) is 3.92. The Kier molecular flexibility index (Phi) is 5.99. The molecule has 2 heterocycles. The minimum atomic E-state index is -0.209. The lowest BCUT2D eigenvalue weighted by molar-refractivity contribution is 0.669. The second-order valence-electron chi connectivity index (χ2n) is 14.9. The van der Waals surface area contributed by atoms with Crippen LogP contribution in [-0.4, -0.2) is 5.25 Å². The molecular formula is C50H33NOS. The van der Waals surface area contributed by atoms with Gasteiger partial charge in [-0.25, -0.2) is 0 Å². The number of rotatable bonds is 4. The van der Waals surface area contributed by atoms with Gasteiger partial charge in [0.2, 0.25) is 0 Å². The molecule has 0 bridgehead atoms. The first-order chi connectivity index (χ1) is 26.1. The van der Waals surface area contributed by atoms with Crippen LogP contribution >= 0.6 is 11.8 Å². The van der Waals surface area contributed by atoms with Gasteiger partial charge >= 0.3 is 0 Å². The molecule has 0 N–H and O–H groups in total. The highest BCUT2D eigenvalue weighted by molar-refractivity contribution is 8.00. The Labute approximate surface area is 312 Å². The standard InChI is InChI=1S/C50H33NOS/c1-50-41-14-6-2-10-34(41)38-25-26-43(48(49(38)50)39-13-3-7-15-42(39)50)51(33-23-27-47-40(29-33)37-12-5-9-17-46(37)53-47)32-21-18-30(19-22-32)31-20-24-36-35-11-4-8-16-44(35)52-45(36)28-31/h2-29,37,46H,1H3/t37?,46?,50-/m1/s1. The van der Waals surface area contributed by atoms with Gasteiger partial charge in [-0.05, 0) is 112 Å². The molecule has 0 fully saturated rings. The van der Waals surface area contributed by atoms with Gasteiger partial charge in [-0.15, -0.1) is 11.8 Å². The van der Waals surface area contributed by atoms with Gasteiger partial charge in [0.1, 0.15) is 11.2 Å². The number of hydrogen-bond acceptors (Lipinski definition) is 3. The van der Waals surface area contributed by atoms with Crippen molar-refractivity contribution in [1.29, 1.82) is 0 Å². The summed E-state index contributed by atoms with van der Waals surface area (Å²) >= 11 is 1.98. The molecule has 250 valence electrons. The van der Waals surface area contributed by atoms with E-state index in [1.807, 2.05) is 23.9 Å². The molecule has 0 radical (unpaired) electrons. The van der Waals surface area contributed by atoms with Gasteiger partial charge in [-0.2, -0.15) is 0 Å². The van der Waals surface area contributed by atoms with E-state index in [0.29, 0.717) is 11.2 Å². The summed E-state index contributed by atoms with van der Waals surface area (Å²) in [6.07, 6.45) is 9.13. The fourth-order valence-corrected chi connectivity index (χ4v) is 11.1. The molecule has 8 aromatic rings. The molecule has 0 amide bonds. The minimum Gasteiger partial charge on any atom is -0.456 e. The van der Waals surface area contributed by atoms with E-state index in [9.17, 15) is 0 Å². The van der Waals surface area contributed by atoms with Crippen LogP contribution in [0.1, 0.15) is 35.1 Å². The van der Waals surface area contributed by atoms with Crippen molar-refractivity contribution in [3.05, 3.63) is 192 Å². The number of benzene rings is 7. The molecule has 0 saturated carbocycles. The van der Waals surface area contributed by atoms with Crippen molar-refractivity contribution in [3.63, 3.8) is 0 Å². The molecule has 1 aromatic heterocycles. The van der Waals surface area contributed by atoms with Crippen LogP contribution in [0.2, 0.25) is 0 Å². The first-order valence-electron chi connectivity index (χ1n) is 18.5. The minimum absolute atomic E-state index is 0.209. The molecule has 53 heavy (non-hydrogen) atoms. The predicted molar refractivity (Wildman–Crippen MR) is 221 cm³/mol. The zero-order chi connectivity index (χ0) is 34.8. The average molecular weight is 696 g/mol. The Morgan fingerprint density at radius 2 is 1.30 bits per heavy atom. The first-order valence-corrected chi connectivity index (χ1v) is 19.4. The molecule has 2 nitrogen and oxygen atoms in total. The van der Waals surface area contributed by atoms with Crippen molar-refractivity contribution in [3.8, 4) is 33.4 Å². The van der Waals surface area contributed by atoms with E-state index in [-0.39, 0.29) is 5.41 Å². The third-order valence-electron chi connectivity index (χ3n) is 12.2. The maximum Gasteiger partial charge on any atom is 0.136 e. The second-order valence-corrected chi connectivity index (χ2v) is 16.1. The molecule has 3 atom stereocenters. The smallest absolute Gasteiger partial charge is 0.136 e. The number of nitrogens with zero attached hydrogens (tertiary/aromatic N) is 1. The van der Waals surface area contributed by atoms with Gasteiger partial charge in [0.05, 0.1) is 5.69 Å². The van der Waals surface area contributed by atoms with Crippen LogP contribution < -0.4 is 4.90 Å². The molecule has 12 rings (SSSR count). The summed E-state index contributed by atoms with van der Waals surface area (Å²) in [6, 6.07) is 54.0. The molecule has 7 aromatic carbocycles. The van der Waals surface area contributed by atoms with Crippen LogP contribution in [0.4, 0.5) is 17.1 Å². The summed E-state index contributed by atoms with van der Waals surface area (Å²) < 4.78 is 6.27. The van der Waals surface area contributed by atoms with E-state index in [1.54, 1.807) is 0 Å². The monoisotopic (exact) mass is 695 g/mol. The molecule has 4 aliphatic rings. The Bertz CT molecular complexity index is 2910. The summed E-state index contributed by atoms with van der Waals surface area (Å²) in [4.78, 5) is 3.89. The normalized spacial score (nSPS) is 19.6. The molecular weight excluding hydrogens is 663 g/mol. The molecule has 1 aliphatic heterocycles. The van der Waals surface area contributed by atoms with E-state index >= 15 is 0 Å². The summed E-state index contributed by atoms with van der Waals surface area (Å²) in [5, 5.41) is 2.75. The van der Waals surface area contributed by atoms with Crippen LogP contribution in [-0.2, 0) is 5.41 Å². The van der Waals surface area contributed by atoms with Gasteiger partial charge in [0, 0.05) is 49.2 Å². The topological polar surface area (TPSA) is 16.4 Å². The number of para-hydroxylation sites is 1. The van der Waals surface area contributed by atoms with Crippen molar-refractivity contribution < 1.29 is 4.42 Å². The highest BCUT2D eigenvalue weighted by Crippen LogP contribution is 2.64. The number of allylic oxidation sites excluding steroid dienone is 3. The van der Waals surface area contributed by atoms with Crippen LogP contribution in [0.5, 0.6) is 0 Å². The highest BCUT2D eigenvalue weighted by atomic mass is 32.2. The van der Waals surface area contributed by atoms with E-state index in [1.165, 1.54) is 60.8 Å². The number of anilines is 3. The lowest BCUT2D eigenvalue weighted by Gasteiger charge is -2.29. The Morgan fingerprint density at radius 3 is 2.19 bits per heavy atom. The van der Waals surface area contributed by atoms with Crippen molar-refractivity contribution in [2.75, 3.05) is 4.90 Å². The zero-order valence-corrected chi connectivity index (χ0v) is 29.9. The fourth-order valence-electron chi connectivity index (χ4n) is 9.80. The second kappa shape index (κ2) is 10.8. The maximum absolute atomic E-state index is 6.27. The van der Waals surface area contributed by atoms with Gasteiger partial charge in [-0.1, -0.05) is 115 Å². The number of fused-ring (bicyclic) bond motifs is 12. The zero-order valence-electron chi connectivity index (χ0n) is 29.1. The number of hydrogen-bond donors (Lipinski definition) is 0. The third kappa shape index (κ3) is 4.00. The Hall–Kier alpha value is -6.03. The van der Waals surface area contributed by atoms with E-state index in [0.717, 1.165) is 38.8 Å². The van der Waals surface area contributed by atoms with Gasteiger partial charge < -0.3 is 9.32 Å². The SMILES string of the molecule is C[C@]12c3ccccc3-c3ccc(N(c4ccc(-c5ccc6c(c5)oc5ccccc56)cc4)c4ccc5c(c4)C4C=CC=CC4S5)c(c31)-c1ccccc12. The van der Waals surface area contributed by atoms with Crippen molar-refractivity contribution in [2.24, 2.45) is 0 Å². The Morgan fingerprint density at radius 1 is 0.585 bits per heavy atom. The van der Waals surface area contributed by atoms with Crippen molar-refractivity contribution >= 4 is 50.8 Å². The quantitative estimate of drug-likeness (QED) is 0.182. The highest BCUT2D eigenvalue weighted by Gasteiger charge is 2.49. The molecule has 0 spiro atoms. The van der Waals surface area contributed by atoms with Crippen molar-refractivity contribution in [2.45, 2.75) is 28.4 Å². The lowest BCUT2D eigenvalue weighted by atomic mass is 9.77. The third-order valence-corrected chi connectivity index (χ3v) is 13.6. The summed E-state index contributed by atoms with van der Waals surface area (Å²) in [6.45, 7) is 2.43. The number of thioether (sulfide) groups is 1. The van der Waals surface area contributed by atoms with Gasteiger partial charge in [0.25, 0.3) is 0 Å². The van der Waals surface area contributed by atoms with Crippen molar-refractivity contribution in [1.82, 2.24) is 0 Å². The van der Waals surface area contributed by atoms with Gasteiger partial charge in [-0.3, -0.25) is 0 Å². The largest absolute Gasteiger partial charge is 0.456 e. The summed E-state index contributed by atoms with van der Waals surface area (Å²) in [5.41, 5.74) is 18.5.